The molecule has 0 bridgehead atoms. The van der Waals surface area contributed by atoms with Gasteiger partial charge in [0.1, 0.15) is 22.2 Å². The summed E-state index contributed by atoms with van der Waals surface area (Å²) in [5.41, 5.74) is 0.105. The zero-order valence-corrected chi connectivity index (χ0v) is 18.5. The van der Waals surface area contributed by atoms with Crippen LogP contribution in [0, 0.1) is 18.3 Å². The molecule has 0 aliphatic heterocycles. The molecule has 1 saturated carbocycles. The van der Waals surface area contributed by atoms with Gasteiger partial charge in [0.2, 0.25) is 0 Å². The molecule has 3 aromatic rings. The number of carboxylic acids is 1. The lowest BCUT2D eigenvalue weighted by Gasteiger charge is -2.44. The molecule has 8 nitrogen and oxygen atoms in total. The van der Waals surface area contributed by atoms with Crippen LogP contribution < -0.4 is 5.32 Å². The minimum atomic E-state index is -1.14. The predicted molar refractivity (Wildman–Crippen MR) is 118 cm³/mol. The maximum absolute atomic E-state index is 11.6. The molecule has 2 atom stereocenters. The van der Waals surface area contributed by atoms with Crippen LogP contribution in [0.3, 0.4) is 0 Å². The number of rotatable bonds is 5. The third-order valence-electron chi connectivity index (χ3n) is 5.78. The van der Waals surface area contributed by atoms with Crippen molar-refractivity contribution in [2.45, 2.75) is 45.6 Å². The van der Waals surface area contributed by atoms with Crippen LogP contribution in [0.1, 0.15) is 43.7 Å². The van der Waals surface area contributed by atoms with E-state index in [0.717, 1.165) is 16.1 Å². The van der Waals surface area contributed by atoms with Gasteiger partial charge >= 0.3 is 5.97 Å². The Morgan fingerprint density at radius 2 is 2.00 bits per heavy atom. The molecule has 3 aromatic heterocycles. The molecule has 0 aromatic carbocycles. The van der Waals surface area contributed by atoms with Crippen molar-refractivity contribution in [2.75, 3.05) is 5.32 Å². The van der Waals surface area contributed by atoms with Crippen LogP contribution in [-0.4, -0.2) is 36.1 Å². The molecule has 1 aliphatic rings. The van der Waals surface area contributed by atoms with Gasteiger partial charge in [-0.25, -0.2) is 15.0 Å². The van der Waals surface area contributed by atoms with E-state index in [2.05, 4.69) is 25.3 Å². The second-order valence-corrected chi connectivity index (χ2v) is 9.82. The fourth-order valence-electron chi connectivity index (χ4n) is 4.34. The number of carboxylic acid groups (broad SMARTS) is 1. The van der Waals surface area contributed by atoms with Crippen molar-refractivity contribution >= 4 is 28.9 Å². The molecule has 1 aliphatic carbocycles. The zero-order chi connectivity index (χ0) is 22.2. The van der Waals surface area contributed by atoms with Gasteiger partial charge < -0.3 is 15.5 Å². The lowest BCUT2D eigenvalue weighted by molar-refractivity contribution is -0.154. The third-order valence-corrected chi connectivity index (χ3v) is 6.99. The molecule has 31 heavy (non-hydrogen) atoms. The lowest BCUT2D eigenvalue weighted by atomic mass is 9.63. The standard InChI is InChI=1S/C22H25N5O3S/c1-13-8-15(26-17(9-13)27-18-11-23-6-7-24-18)16-10-25-20(31-16)22(30)5-4-14(19(28)29)21(2,3)12-22/h6-11,14,30H,4-5,12H2,1-3H3,(H,28,29)(H,24,26,27)/t14-,22-/m1/s1. The molecule has 3 N–H and O–H groups in total. The molecule has 1 fully saturated rings. The van der Waals surface area contributed by atoms with E-state index in [1.54, 1.807) is 24.8 Å². The maximum Gasteiger partial charge on any atom is 0.307 e. The number of hydrogen-bond donors (Lipinski definition) is 3. The number of aryl methyl sites for hydroxylation is 1. The van der Waals surface area contributed by atoms with Crippen LogP contribution in [0.5, 0.6) is 0 Å². The van der Waals surface area contributed by atoms with Crippen molar-refractivity contribution in [3.05, 3.63) is 47.5 Å². The van der Waals surface area contributed by atoms with Crippen LogP contribution in [-0.2, 0) is 10.4 Å². The second kappa shape index (κ2) is 7.97. The second-order valence-electron chi connectivity index (χ2n) is 8.79. The van der Waals surface area contributed by atoms with Crippen molar-refractivity contribution in [3.63, 3.8) is 0 Å². The van der Waals surface area contributed by atoms with Gasteiger partial charge in [0.25, 0.3) is 0 Å². The topological polar surface area (TPSA) is 121 Å². The first-order valence-corrected chi connectivity index (χ1v) is 10.9. The van der Waals surface area contributed by atoms with Crippen molar-refractivity contribution < 1.29 is 15.0 Å². The monoisotopic (exact) mass is 439 g/mol. The van der Waals surface area contributed by atoms with Gasteiger partial charge in [0.05, 0.1) is 22.7 Å². The number of anilines is 2. The number of hydrogen-bond acceptors (Lipinski definition) is 8. The molecule has 4 rings (SSSR count). The zero-order valence-electron chi connectivity index (χ0n) is 17.7. The molecule has 9 heteroatoms. The Labute approximate surface area is 184 Å². The van der Waals surface area contributed by atoms with Crippen LogP contribution in [0.25, 0.3) is 10.6 Å². The first-order valence-electron chi connectivity index (χ1n) is 10.1. The number of nitrogens with zero attached hydrogens (tertiary/aromatic N) is 4. The molecule has 0 amide bonds. The molecule has 0 radical (unpaired) electrons. The first-order chi connectivity index (χ1) is 14.7. The Kier molecular flexibility index (Phi) is 5.49. The lowest BCUT2D eigenvalue weighted by Crippen LogP contribution is -2.44. The summed E-state index contributed by atoms with van der Waals surface area (Å²) in [6, 6.07) is 3.89. The summed E-state index contributed by atoms with van der Waals surface area (Å²) >= 11 is 1.40. The Balaban J connectivity index is 1.60. The van der Waals surface area contributed by atoms with Crippen LogP contribution in [0.2, 0.25) is 0 Å². The molecule has 3 heterocycles. The Morgan fingerprint density at radius 1 is 1.19 bits per heavy atom. The van der Waals surface area contributed by atoms with Crippen LogP contribution >= 0.6 is 11.3 Å². The Bertz CT molecular complexity index is 1100. The van der Waals surface area contributed by atoms with E-state index < -0.39 is 22.9 Å². The summed E-state index contributed by atoms with van der Waals surface area (Å²) in [5, 5.41) is 24.6. The number of thiazole rings is 1. The molecular weight excluding hydrogens is 414 g/mol. The molecule has 0 spiro atoms. The van der Waals surface area contributed by atoms with E-state index in [4.69, 9.17) is 0 Å². The Hall–Kier alpha value is -2.91. The van der Waals surface area contributed by atoms with E-state index in [-0.39, 0.29) is 0 Å². The minimum absolute atomic E-state index is 0.352. The molecule has 0 unspecified atom stereocenters. The van der Waals surface area contributed by atoms with Crippen molar-refractivity contribution in [3.8, 4) is 10.6 Å². The first kappa shape index (κ1) is 21.3. The van der Waals surface area contributed by atoms with Crippen LogP contribution in [0.15, 0.2) is 36.9 Å². The van der Waals surface area contributed by atoms with Crippen molar-refractivity contribution in [2.24, 2.45) is 11.3 Å². The van der Waals surface area contributed by atoms with E-state index >= 15 is 0 Å². The van der Waals surface area contributed by atoms with Crippen LogP contribution in [0.4, 0.5) is 11.6 Å². The average molecular weight is 440 g/mol. The van der Waals surface area contributed by atoms with E-state index in [1.807, 2.05) is 32.9 Å². The highest BCUT2D eigenvalue weighted by atomic mass is 32.1. The fourth-order valence-corrected chi connectivity index (χ4v) is 5.33. The average Bonchev–Trinajstić information content (AvgIpc) is 3.18. The summed E-state index contributed by atoms with van der Waals surface area (Å²) < 4.78 is 0. The highest BCUT2D eigenvalue weighted by Crippen LogP contribution is 2.50. The normalized spacial score (nSPS) is 22.8. The van der Waals surface area contributed by atoms with Gasteiger partial charge in [-0.2, -0.15) is 0 Å². The van der Waals surface area contributed by atoms with E-state index in [9.17, 15) is 15.0 Å². The highest BCUT2D eigenvalue weighted by molar-refractivity contribution is 7.15. The number of aromatic nitrogens is 4. The van der Waals surface area contributed by atoms with E-state index in [1.165, 1.54) is 11.3 Å². The summed E-state index contributed by atoms with van der Waals surface area (Å²) in [6.07, 6.45) is 7.71. The summed E-state index contributed by atoms with van der Waals surface area (Å²) in [7, 11) is 0. The quantitative estimate of drug-likeness (QED) is 0.542. The fraction of sp³-hybridized carbons (Fsp3) is 0.409. The molecular formula is C22H25N5O3S. The highest BCUT2D eigenvalue weighted by Gasteiger charge is 2.49. The van der Waals surface area contributed by atoms with Crippen molar-refractivity contribution in [1.82, 2.24) is 19.9 Å². The number of pyridine rings is 1. The maximum atomic E-state index is 11.6. The summed E-state index contributed by atoms with van der Waals surface area (Å²) in [5.74, 6) is -0.0325. The predicted octanol–water partition coefficient (Wildman–Crippen LogP) is 4.15. The smallest absolute Gasteiger partial charge is 0.307 e. The van der Waals surface area contributed by atoms with Gasteiger partial charge in [-0.3, -0.25) is 9.78 Å². The van der Waals surface area contributed by atoms with Gasteiger partial charge in [-0.05, 0) is 49.3 Å². The number of aliphatic hydroxyl groups is 1. The number of aliphatic carboxylic acids is 1. The van der Waals surface area contributed by atoms with Gasteiger partial charge in [0.15, 0.2) is 0 Å². The minimum Gasteiger partial charge on any atom is -0.481 e. The third kappa shape index (κ3) is 4.42. The summed E-state index contributed by atoms with van der Waals surface area (Å²) in [4.78, 5) is 29.9. The molecule has 0 saturated heterocycles. The number of nitrogens with one attached hydrogen (secondary N) is 1. The van der Waals surface area contributed by atoms with Gasteiger partial charge in [0, 0.05) is 18.6 Å². The van der Waals surface area contributed by atoms with Gasteiger partial charge in [-0.1, -0.05) is 13.8 Å². The largest absolute Gasteiger partial charge is 0.481 e. The Morgan fingerprint density at radius 3 is 2.68 bits per heavy atom. The van der Waals surface area contributed by atoms with E-state index in [0.29, 0.717) is 35.9 Å². The SMILES string of the molecule is Cc1cc(Nc2cnccn2)nc(-c2cnc([C@@]3(O)CC[C@H](C(=O)O)C(C)(C)C3)s2)c1. The van der Waals surface area contributed by atoms with Crippen molar-refractivity contribution in [1.29, 1.82) is 0 Å². The van der Waals surface area contributed by atoms with Gasteiger partial charge in [-0.15, -0.1) is 11.3 Å². The summed E-state index contributed by atoms with van der Waals surface area (Å²) in [6.45, 7) is 5.78. The molecule has 162 valence electrons. The number of carbonyl (C=O) groups is 1.